The van der Waals surface area contributed by atoms with Gasteiger partial charge in [-0.1, -0.05) is 11.6 Å². The number of hydrogen-bond acceptors (Lipinski definition) is 1. The fourth-order valence-corrected chi connectivity index (χ4v) is 2.81. The van der Waals surface area contributed by atoms with Gasteiger partial charge in [0.15, 0.2) is 0 Å². The molecule has 3 heteroatoms. The summed E-state index contributed by atoms with van der Waals surface area (Å²) >= 11 is 6.25. The molecule has 0 spiro atoms. The normalized spacial score (nSPS) is 15.1. The molecule has 1 aliphatic rings. The third-order valence-electron chi connectivity index (χ3n) is 3.37. The smallest absolute Gasteiger partial charge is 0.121 e. The summed E-state index contributed by atoms with van der Waals surface area (Å²) in [5, 5.41) is 1.99. The molecule has 1 aromatic heterocycles. The van der Waals surface area contributed by atoms with Crippen molar-refractivity contribution in [2.45, 2.75) is 25.7 Å². The molecule has 2 aromatic rings. The maximum absolute atomic E-state index is 6.25. The first kappa shape index (κ1) is 10.0. The summed E-state index contributed by atoms with van der Waals surface area (Å²) in [4.78, 5) is 3.45. The summed E-state index contributed by atoms with van der Waals surface area (Å²) in [5.74, 6) is 0.838. The Labute approximate surface area is 99.6 Å². The van der Waals surface area contributed by atoms with E-state index in [2.05, 4.69) is 11.1 Å². The van der Waals surface area contributed by atoms with Crippen molar-refractivity contribution >= 4 is 22.5 Å². The second-order valence-electron chi connectivity index (χ2n) is 4.32. The van der Waals surface area contributed by atoms with E-state index in [-0.39, 0.29) is 0 Å². The molecule has 0 saturated carbocycles. The topological polar surface area (TPSA) is 25.0 Å². The maximum atomic E-state index is 6.25. The van der Waals surface area contributed by atoms with Crippen LogP contribution in [0.1, 0.15) is 24.1 Å². The average Bonchev–Trinajstić information content (AvgIpc) is 2.68. The zero-order valence-corrected chi connectivity index (χ0v) is 10.0. The predicted octanol–water partition coefficient (Wildman–Crippen LogP) is 3.71. The van der Waals surface area contributed by atoms with E-state index < -0.39 is 0 Å². The van der Waals surface area contributed by atoms with E-state index in [4.69, 9.17) is 16.3 Å². The summed E-state index contributed by atoms with van der Waals surface area (Å²) in [6, 6.07) is 3.95. The number of nitrogens with one attached hydrogen (secondary N) is 1. The lowest BCUT2D eigenvalue weighted by Crippen LogP contribution is -1.99. The Morgan fingerprint density at radius 2 is 2.06 bits per heavy atom. The minimum atomic E-state index is 0.753. The molecule has 84 valence electrons. The third-order valence-corrected chi connectivity index (χ3v) is 3.67. The lowest BCUT2D eigenvalue weighted by atomic mass is 9.96. The Morgan fingerprint density at radius 3 is 2.88 bits per heavy atom. The molecule has 0 amide bonds. The van der Waals surface area contributed by atoms with E-state index in [0.29, 0.717) is 0 Å². The van der Waals surface area contributed by atoms with Crippen LogP contribution in [0.25, 0.3) is 10.9 Å². The summed E-state index contributed by atoms with van der Waals surface area (Å²) in [7, 11) is 1.68. The van der Waals surface area contributed by atoms with E-state index in [1.165, 1.54) is 29.5 Å². The standard InChI is InChI=1S/C13H14ClNO/c1-16-8-6-10-9-4-2-3-5-12(9)15-13(10)11(14)7-8/h6-7,15H,2-5H2,1H3. The molecular weight excluding hydrogens is 222 g/mol. The quantitative estimate of drug-likeness (QED) is 0.801. The highest BCUT2D eigenvalue weighted by molar-refractivity contribution is 6.35. The number of H-pyrrole nitrogens is 1. The summed E-state index contributed by atoms with van der Waals surface area (Å²) < 4.78 is 5.27. The van der Waals surface area contributed by atoms with Crippen molar-refractivity contribution in [2.24, 2.45) is 0 Å². The van der Waals surface area contributed by atoms with Gasteiger partial charge in [0, 0.05) is 17.1 Å². The molecule has 0 radical (unpaired) electrons. The van der Waals surface area contributed by atoms with Crippen LogP contribution < -0.4 is 4.74 Å². The highest BCUT2D eigenvalue weighted by Gasteiger charge is 2.17. The lowest BCUT2D eigenvalue weighted by Gasteiger charge is -2.10. The maximum Gasteiger partial charge on any atom is 0.121 e. The van der Waals surface area contributed by atoms with Crippen LogP contribution >= 0.6 is 11.6 Å². The number of ether oxygens (including phenoxy) is 1. The van der Waals surface area contributed by atoms with Crippen molar-refractivity contribution in [3.63, 3.8) is 0 Å². The van der Waals surface area contributed by atoms with Crippen LogP contribution in [0.15, 0.2) is 12.1 Å². The van der Waals surface area contributed by atoms with Crippen LogP contribution in [0.5, 0.6) is 5.75 Å². The van der Waals surface area contributed by atoms with E-state index in [1.807, 2.05) is 6.07 Å². The first-order valence-corrected chi connectivity index (χ1v) is 6.04. The Morgan fingerprint density at radius 1 is 1.25 bits per heavy atom. The van der Waals surface area contributed by atoms with Gasteiger partial charge in [-0.3, -0.25) is 0 Å². The molecule has 1 N–H and O–H groups in total. The Kier molecular flexibility index (Phi) is 2.32. The van der Waals surface area contributed by atoms with Crippen LogP contribution in [-0.2, 0) is 12.8 Å². The molecule has 0 fully saturated rings. The van der Waals surface area contributed by atoms with Gasteiger partial charge in [0.1, 0.15) is 5.75 Å². The number of benzene rings is 1. The lowest BCUT2D eigenvalue weighted by molar-refractivity contribution is 0.415. The van der Waals surface area contributed by atoms with Crippen LogP contribution in [0, 0.1) is 0 Å². The number of aryl methyl sites for hydroxylation is 2. The molecule has 1 aliphatic carbocycles. The number of aromatic nitrogens is 1. The van der Waals surface area contributed by atoms with E-state index in [0.717, 1.165) is 29.1 Å². The highest BCUT2D eigenvalue weighted by Crippen LogP contribution is 2.35. The van der Waals surface area contributed by atoms with Crippen molar-refractivity contribution < 1.29 is 4.74 Å². The largest absolute Gasteiger partial charge is 0.497 e. The van der Waals surface area contributed by atoms with E-state index in [9.17, 15) is 0 Å². The zero-order valence-electron chi connectivity index (χ0n) is 9.27. The highest BCUT2D eigenvalue weighted by atomic mass is 35.5. The molecule has 3 rings (SSSR count). The number of hydrogen-bond donors (Lipinski definition) is 1. The Hall–Kier alpha value is -1.15. The van der Waals surface area contributed by atoms with Crippen molar-refractivity contribution in [2.75, 3.05) is 7.11 Å². The van der Waals surface area contributed by atoms with Crippen molar-refractivity contribution in [3.8, 4) is 5.75 Å². The van der Waals surface area contributed by atoms with Gasteiger partial charge < -0.3 is 9.72 Å². The number of halogens is 1. The molecule has 0 bridgehead atoms. The number of aromatic amines is 1. The monoisotopic (exact) mass is 235 g/mol. The first-order chi connectivity index (χ1) is 7.79. The van der Waals surface area contributed by atoms with Crippen LogP contribution in [0.3, 0.4) is 0 Å². The molecule has 16 heavy (non-hydrogen) atoms. The van der Waals surface area contributed by atoms with Gasteiger partial charge >= 0.3 is 0 Å². The Bertz CT molecular complexity index is 544. The number of methoxy groups -OCH3 is 1. The average molecular weight is 236 g/mol. The van der Waals surface area contributed by atoms with E-state index >= 15 is 0 Å². The fraction of sp³-hybridized carbons (Fsp3) is 0.385. The Balaban J connectivity index is 2.30. The minimum absolute atomic E-state index is 0.753. The number of rotatable bonds is 1. The van der Waals surface area contributed by atoms with Crippen molar-refractivity contribution in [1.29, 1.82) is 0 Å². The predicted molar refractivity (Wildman–Crippen MR) is 66.5 cm³/mol. The molecule has 1 aromatic carbocycles. The minimum Gasteiger partial charge on any atom is -0.497 e. The second-order valence-corrected chi connectivity index (χ2v) is 4.73. The second kappa shape index (κ2) is 3.70. The summed E-state index contributed by atoms with van der Waals surface area (Å²) in [5.41, 5.74) is 3.85. The first-order valence-electron chi connectivity index (χ1n) is 5.66. The van der Waals surface area contributed by atoms with E-state index in [1.54, 1.807) is 7.11 Å². The zero-order chi connectivity index (χ0) is 11.1. The third kappa shape index (κ3) is 1.40. The number of fused-ring (bicyclic) bond motifs is 3. The molecule has 2 nitrogen and oxygen atoms in total. The van der Waals surface area contributed by atoms with Gasteiger partial charge in [-0.2, -0.15) is 0 Å². The van der Waals surface area contributed by atoms with Gasteiger partial charge in [-0.15, -0.1) is 0 Å². The van der Waals surface area contributed by atoms with Crippen LogP contribution in [0.2, 0.25) is 5.02 Å². The molecule has 0 atom stereocenters. The van der Waals surface area contributed by atoms with Crippen molar-refractivity contribution in [1.82, 2.24) is 4.98 Å². The molecule has 0 unspecified atom stereocenters. The molecule has 0 aliphatic heterocycles. The van der Waals surface area contributed by atoms with Crippen LogP contribution in [0.4, 0.5) is 0 Å². The summed E-state index contributed by atoms with van der Waals surface area (Å²) in [6.07, 6.45) is 4.84. The molecule has 0 saturated heterocycles. The van der Waals surface area contributed by atoms with Gasteiger partial charge in [0.05, 0.1) is 17.6 Å². The van der Waals surface area contributed by atoms with Crippen LogP contribution in [-0.4, -0.2) is 12.1 Å². The van der Waals surface area contributed by atoms with Gasteiger partial charge in [-0.25, -0.2) is 0 Å². The fourth-order valence-electron chi connectivity index (χ4n) is 2.56. The van der Waals surface area contributed by atoms with Gasteiger partial charge in [-0.05, 0) is 37.3 Å². The molecule has 1 heterocycles. The van der Waals surface area contributed by atoms with Gasteiger partial charge in [0.25, 0.3) is 0 Å². The van der Waals surface area contributed by atoms with Crippen molar-refractivity contribution in [3.05, 3.63) is 28.4 Å². The van der Waals surface area contributed by atoms with Gasteiger partial charge in [0.2, 0.25) is 0 Å². The SMILES string of the molecule is COc1cc(Cl)c2[nH]c3c(c2c1)CCCC3. The molecular formula is C13H14ClNO. The summed E-state index contributed by atoms with van der Waals surface area (Å²) in [6.45, 7) is 0.